The topological polar surface area (TPSA) is 68.2 Å². The van der Waals surface area contributed by atoms with E-state index in [1.165, 1.54) is 5.56 Å². The highest BCUT2D eigenvalue weighted by Gasteiger charge is 2.66. The predicted octanol–water partition coefficient (Wildman–Crippen LogP) is 4.45. The van der Waals surface area contributed by atoms with Crippen LogP contribution in [-0.2, 0) is 6.42 Å². The Hall–Kier alpha value is -3.28. The maximum Gasteiger partial charge on any atom is 0.225 e. The normalized spacial score (nSPS) is 23.7. The van der Waals surface area contributed by atoms with Crippen molar-refractivity contribution in [3.63, 3.8) is 0 Å². The molecule has 2 aliphatic rings. The molecule has 164 valence electrons. The Morgan fingerprint density at radius 2 is 1.84 bits per heavy atom. The molecule has 0 spiro atoms. The van der Waals surface area contributed by atoms with Gasteiger partial charge in [0.2, 0.25) is 5.95 Å². The van der Waals surface area contributed by atoms with E-state index in [-0.39, 0.29) is 11.2 Å². The van der Waals surface area contributed by atoms with Crippen LogP contribution in [0.2, 0.25) is 0 Å². The number of hydrogen-bond donors (Lipinski definition) is 0. The number of carbonyl (C=O) groups excluding carboxylic acids is 1. The summed E-state index contributed by atoms with van der Waals surface area (Å²) in [6.45, 7) is 8.71. The number of piperidine rings is 1. The van der Waals surface area contributed by atoms with Crippen molar-refractivity contribution in [1.82, 2.24) is 15.0 Å². The van der Waals surface area contributed by atoms with Crippen LogP contribution in [-0.4, -0.2) is 40.4 Å². The van der Waals surface area contributed by atoms with E-state index < -0.39 is 0 Å². The molecule has 1 aromatic carbocycles. The lowest BCUT2D eigenvalue weighted by Gasteiger charge is -2.22. The number of nitrogens with zero attached hydrogens (tertiary/aromatic N) is 4. The quantitative estimate of drug-likeness (QED) is 0.518. The van der Waals surface area contributed by atoms with Crippen molar-refractivity contribution >= 4 is 11.7 Å². The molecule has 0 bridgehead atoms. The molecule has 1 saturated carbocycles. The summed E-state index contributed by atoms with van der Waals surface area (Å²) in [4.78, 5) is 27.4. The molecule has 0 amide bonds. The van der Waals surface area contributed by atoms with E-state index in [2.05, 4.69) is 33.7 Å². The van der Waals surface area contributed by atoms with E-state index in [0.29, 0.717) is 24.0 Å². The van der Waals surface area contributed by atoms with E-state index in [9.17, 15) is 4.79 Å². The van der Waals surface area contributed by atoms with Gasteiger partial charge in [0.25, 0.3) is 0 Å². The van der Waals surface area contributed by atoms with E-state index in [1.807, 2.05) is 48.8 Å². The van der Waals surface area contributed by atoms with Gasteiger partial charge in [0, 0.05) is 42.5 Å². The fourth-order valence-electron chi connectivity index (χ4n) is 4.90. The standard InChI is InChI=1S/C26H28N4O2/c1-4-18-11-28-25(29-12-18)30-14-22-23(26(22,3)16-30)15-32-21-9-10-24(27-13-21)20-7-5-19(6-8-20)17(2)31/h5-13,22-23H,4,14-16H2,1-3H3/t22?,23-,26-/m1/s1. The summed E-state index contributed by atoms with van der Waals surface area (Å²) in [6.07, 6.45) is 6.61. The van der Waals surface area contributed by atoms with Crippen LogP contribution in [0.4, 0.5) is 5.95 Å². The van der Waals surface area contributed by atoms with Crippen molar-refractivity contribution < 1.29 is 9.53 Å². The first-order chi connectivity index (χ1) is 15.5. The van der Waals surface area contributed by atoms with Crippen LogP contribution in [0, 0.1) is 17.3 Å². The minimum Gasteiger partial charge on any atom is -0.492 e. The van der Waals surface area contributed by atoms with Crippen molar-refractivity contribution in [3.8, 4) is 17.0 Å². The average Bonchev–Trinajstić information content (AvgIpc) is 3.19. The number of carbonyl (C=O) groups is 1. The van der Waals surface area contributed by atoms with Gasteiger partial charge in [0.05, 0.1) is 18.5 Å². The highest BCUT2D eigenvalue weighted by atomic mass is 16.5. The second-order valence-corrected chi connectivity index (χ2v) is 9.17. The number of fused-ring (bicyclic) bond motifs is 1. The number of anilines is 1. The van der Waals surface area contributed by atoms with Crippen molar-refractivity contribution in [1.29, 1.82) is 0 Å². The van der Waals surface area contributed by atoms with E-state index in [1.54, 1.807) is 13.1 Å². The molecule has 2 fully saturated rings. The molecule has 1 aliphatic heterocycles. The van der Waals surface area contributed by atoms with Crippen LogP contribution in [0.3, 0.4) is 0 Å². The smallest absolute Gasteiger partial charge is 0.225 e. The molecule has 1 saturated heterocycles. The summed E-state index contributed by atoms with van der Waals surface area (Å²) >= 11 is 0. The van der Waals surface area contributed by atoms with Gasteiger partial charge in [-0.2, -0.15) is 0 Å². The first-order valence-electron chi connectivity index (χ1n) is 11.2. The van der Waals surface area contributed by atoms with Crippen LogP contribution in [0.1, 0.15) is 36.7 Å². The van der Waals surface area contributed by atoms with Crippen LogP contribution < -0.4 is 9.64 Å². The molecule has 1 unspecified atom stereocenters. The van der Waals surface area contributed by atoms with Crippen molar-refractivity contribution in [2.75, 3.05) is 24.6 Å². The van der Waals surface area contributed by atoms with Gasteiger partial charge in [-0.25, -0.2) is 9.97 Å². The lowest BCUT2D eigenvalue weighted by atomic mass is 10.1. The Balaban J connectivity index is 1.15. The highest BCUT2D eigenvalue weighted by Crippen LogP contribution is 2.63. The number of ether oxygens (including phenoxy) is 1. The number of rotatable bonds is 7. The van der Waals surface area contributed by atoms with Crippen molar-refractivity contribution in [3.05, 3.63) is 66.1 Å². The highest BCUT2D eigenvalue weighted by molar-refractivity contribution is 5.94. The largest absolute Gasteiger partial charge is 0.492 e. The van der Waals surface area contributed by atoms with E-state index in [0.717, 1.165) is 42.5 Å². The number of ketones is 1. The monoisotopic (exact) mass is 428 g/mol. The van der Waals surface area contributed by atoms with Gasteiger partial charge in [-0.3, -0.25) is 9.78 Å². The zero-order valence-corrected chi connectivity index (χ0v) is 18.8. The fraction of sp³-hybridized carbons (Fsp3) is 0.385. The Morgan fingerprint density at radius 1 is 1.09 bits per heavy atom. The third-order valence-corrected chi connectivity index (χ3v) is 7.16. The molecule has 3 heterocycles. The first kappa shape index (κ1) is 20.6. The molecule has 1 aliphatic carbocycles. The van der Waals surface area contributed by atoms with Crippen LogP contribution >= 0.6 is 0 Å². The molecule has 0 radical (unpaired) electrons. The van der Waals surface area contributed by atoms with Gasteiger partial charge < -0.3 is 9.64 Å². The van der Waals surface area contributed by atoms with Gasteiger partial charge >= 0.3 is 0 Å². The average molecular weight is 429 g/mol. The van der Waals surface area contributed by atoms with E-state index in [4.69, 9.17) is 4.74 Å². The third-order valence-electron chi connectivity index (χ3n) is 7.16. The molecule has 6 heteroatoms. The maximum absolute atomic E-state index is 11.4. The summed E-state index contributed by atoms with van der Waals surface area (Å²) in [5, 5.41) is 0. The summed E-state index contributed by atoms with van der Waals surface area (Å²) in [5.74, 6) is 2.86. The number of aromatic nitrogens is 3. The lowest BCUT2D eigenvalue weighted by Crippen LogP contribution is -2.29. The Labute approximate surface area is 188 Å². The Kier molecular flexibility index (Phi) is 5.16. The molecular weight excluding hydrogens is 400 g/mol. The molecular formula is C26H28N4O2. The summed E-state index contributed by atoms with van der Waals surface area (Å²) in [6, 6.07) is 11.5. The molecule has 0 N–H and O–H groups in total. The number of benzene rings is 1. The van der Waals surface area contributed by atoms with Gasteiger partial charge in [-0.15, -0.1) is 0 Å². The minimum atomic E-state index is 0.0665. The van der Waals surface area contributed by atoms with Gasteiger partial charge in [-0.1, -0.05) is 38.1 Å². The van der Waals surface area contributed by atoms with Gasteiger partial charge in [0.1, 0.15) is 5.75 Å². The molecule has 3 atom stereocenters. The number of aryl methyl sites for hydroxylation is 1. The molecule has 32 heavy (non-hydrogen) atoms. The molecule has 3 aromatic rings. The second-order valence-electron chi connectivity index (χ2n) is 9.17. The number of hydrogen-bond acceptors (Lipinski definition) is 6. The number of Topliss-reactive ketones (excluding diaryl/α,β-unsaturated/α-hetero) is 1. The SMILES string of the molecule is CCc1cnc(N2CC3[C@@H](COc4ccc(-c5ccc(C(C)=O)cc5)nc4)[C@]3(C)C2)nc1. The van der Waals surface area contributed by atoms with Crippen LogP contribution in [0.15, 0.2) is 55.0 Å². The first-order valence-corrected chi connectivity index (χ1v) is 11.2. The zero-order chi connectivity index (χ0) is 22.3. The Morgan fingerprint density at radius 3 is 2.41 bits per heavy atom. The second kappa shape index (κ2) is 8.01. The van der Waals surface area contributed by atoms with E-state index >= 15 is 0 Å². The maximum atomic E-state index is 11.4. The van der Waals surface area contributed by atoms with Crippen molar-refractivity contribution in [2.24, 2.45) is 17.3 Å². The lowest BCUT2D eigenvalue weighted by molar-refractivity contribution is 0.101. The predicted molar refractivity (Wildman–Crippen MR) is 124 cm³/mol. The number of pyridine rings is 1. The van der Waals surface area contributed by atoms with Gasteiger partial charge in [-0.05, 0) is 42.4 Å². The summed E-state index contributed by atoms with van der Waals surface area (Å²) < 4.78 is 6.09. The summed E-state index contributed by atoms with van der Waals surface area (Å²) in [7, 11) is 0. The van der Waals surface area contributed by atoms with Crippen LogP contribution in [0.5, 0.6) is 5.75 Å². The van der Waals surface area contributed by atoms with Crippen molar-refractivity contribution in [2.45, 2.75) is 27.2 Å². The Bertz CT molecular complexity index is 1110. The fourth-order valence-corrected chi connectivity index (χ4v) is 4.90. The molecule has 5 rings (SSSR count). The molecule has 6 nitrogen and oxygen atoms in total. The van der Waals surface area contributed by atoms with Gasteiger partial charge in [0.15, 0.2) is 5.78 Å². The minimum absolute atomic E-state index is 0.0665. The van der Waals surface area contributed by atoms with Crippen LogP contribution in [0.25, 0.3) is 11.3 Å². The zero-order valence-electron chi connectivity index (χ0n) is 18.8. The molecule has 2 aromatic heterocycles. The third kappa shape index (κ3) is 3.74. The summed E-state index contributed by atoms with van der Waals surface area (Å²) in [5.41, 5.74) is 4.00.